The molecule has 0 spiro atoms. The van der Waals surface area contributed by atoms with Crippen LogP contribution in [0.2, 0.25) is 0 Å². The van der Waals surface area contributed by atoms with Gasteiger partial charge in [-0.05, 0) is 50.3 Å². The summed E-state index contributed by atoms with van der Waals surface area (Å²) in [7, 11) is 0. The Morgan fingerprint density at radius 1 is 1.05 bits per heavy atom. The Kier molecular flexibility index (Phi) is 6.02. The molecule has 1 aromatic rings. The van der Waals surface area contributed by atoms with Crippen molar-refractivity contribution in [1.82, 2.24) is 10.6 Å². The van der Waals surface area contributed by atoms with Gasteiger partial charge in [0.05, 0.1) is 0 Å². The fourth-order valence-electron chi connectivity index (χ4n) is 3.90. The molecule has 2 N–H and O–H groups in total. The first-order valence-electron chi connectivity index (χ1n) is 8.58. The third-order valence-corrected chi connectivity index (χ3v) is 5.97. The van der Waals surface area contributed by atoms with Crippen LogP contribution in [0, 0.1) is 5.92 Å². The van der Waals surface area contributed by atoms with E-state index in [-0.39, 0.29) is 0 Å². The molecule has 1 heterocycles. The number of hydrogen-bond donors (Lipinski definition) is 2. The lowest BCUT2D eigenvalue weighted by Crippen LogP contribution is -2.47. The molecular formula is C18H28N2S. The van der Waals surface area contributed by atoms with E-state index in [1.807, 2.05) is 11.8 Å². The van der Waals surface area contributed by atoms with Gasteiger partial charge in [-0.25, -0.2) is 0 Å². The number of benzene rings is 1. The Bertz CT molecular complexity index is 403. The van der Waals surface area contributed by atoms with E-state index in [9.17, 15) is 0 Å². The van der Waals surface area contributed by atoms with Gasteiger partial charge in [-0.3, -0.25) is 0 Å². The molecule has 3 heteroatoms. The van der Waals surface area contributed by atoms with Gasteiger partial charge in [0.2, 0.25) is 0 Å². The zero-order valence-electron chi connectivity index (χ0n) is 12.9. The minimum atomic E-state index is 0.741. The predicted molar refractivity (Wildman–Crippen MR) is 91.9 cm³/mol. The van der Waals surface area contributed by atoms with Crippen LogP contribution in [0.1, 0.15) is 38.5 Å². The third kappa shape index (κ3) is 4.48. The van der Waals surface area contributed by atoms with Gasteiger partial charge in [0, 0.05) is 29.3 Å². The molecule has 2 nitrogen and oxygen atoms in total. The SMILES string of the molecule is c1ccc(SCCNC2CCCCC2C2CCCN2)cc1. The average Bonchev–Trinajstić information content (AvgIpc) is 3.07. The highest BCUT2D eigenvalue weighted by molar-refractivity contribution is 7.99. The highest BCUT2D eigenvalue weighted by atomic mass is 32.2. The van der Waals surface area contributed by atoms with Gasteiger partial charge in [-0.15, -0.1) is 11.8 Å². The first-order valence-corrected chi connectivity index (χ1v) is 9.56. The average molecular weight is 305 g/mol. The molecule has 2 fully saturated rings. The molecule has 0 radical (unpaired) electrons. The molecule has 0 aromatic heterocycles. The molecule has 0 amide bonds. The van der Waals surface area contributed by atoms with E-state index in [4.69, 9.17) is 0 Å². The van der Waals surface area contributed by atoms with Gasteiger partial charge in [-0.2, -0.15) is 0 Å². The van der Waals surface area contributed by atoms with E-state index in [0.717, 1.165) is 24.5 Å². The van der Waals surface area contributed by atoms with Crippen molar-refractivity contribution in [3.05, 3.63) is 30.3 Å². The zero-order valence-corrected chi connectivity index (χ0v) is 13.7. The summed E-state index contributed by atoms with van der Waals surface area (Å²) in [5.74, 6) is 2.04. The first-order chi connectivity index (χ1) is 10.4. The fourth-order valence-corrected chi connectivity index (χ4v) is 4.71. The minimum absolute atomic E-state index is 0.741. The van der Waals surface area contributed by atoms with Gasteiger partial charge < -0.3 is 10.6 Å². The van der Waals surface area contributed by atoms with Gasteiger partial charge in [-0.1, -0.05) is 31.0 Å². The summed E-state index contributed by atoms with van der Waals surface area (Å²) in [6.45, 7) is 2.37. The minimum Gasteiger partial charge on any atom is -0.314 e. The van der Waals surface area contributed by atoms with Crippen LogP contribution in [-0.4, -0.2) is 30.9 Å². The van der Waals surface area contributed by atoms with E-state index in [2.05, 4.69) is 41.0 Å². The predicted octanol–water partition coefficient (Wildman–Crippen LogP) is 3.68. The molecule has 1 aromatic carbocycles. The largest absolute Gasteiger partial charge is 0.314 e. The summed E-state index contributed by atoms with van der Waals surface area (Å²) >= 11 is 1.96. The van der Waals surface area contributed by atoms with Crippen LogP contribution in [0.25, 0.3) is 0 Å². The standard InChI is InChI=1S/C18H28N2S/c1-2-7-15(8-3-1)21-14-13-20-17-10-5-4-9-16(17)18-11-6-12-19-18/h1-3,7-8,16-20H,4-6,9-14H2. The van der Waals surface area contributed by atoms with E-state index >= 15 is 0 Å². The lowest BCUT2D eigenvalue weighted by Gasteiger charge is -2.36. The van der Waals surface area contributed by atoms with E-state index < -0.39 is 0 Å². The number of nitrogens with one attached hydrogen (secondary N) is 2. The fraction of sp³-hybridized carbons (Fsp3) is 0.667. The maximum atomic E-state index is 3.86. The zero-order chi connectivity index (χ0) is 14.3. The lowest BCUT2D eigenvalue weighted by molar-refractivity contribution is 0.217. The Balaban J connectivity index is 1.42. The molecular weight excluding hydrogens is 276 g/mol. The smallest absolute Gasteiger partial charge is 0.0111 e. The second kappa shape index (κ2) is 8.21. The molecule has 3 unspecified atom stereocenters. The van der Waals surface area contributed by atoms with Crippen LogP contribution in [0.4, 0.5) is 0 Å². The molecule has 1 saturated heterocycles. The van der Waals surface area contributed by atoms with Crippen LogP contribution in [-0.2, 0) is 0 Å². The molecule has 21 heavy (non-hydrogen) atoms. The Hall–Kier alpha value is -0.510. The highest BCUT2D eigenvalue weighted by Gasteiger charge is 2.32. The molecule has 1 saturated carbocycles. The maximum Gasteiger partial charge on any atom is 0.0111 e. The lowest BCUT2D eigenvalue weighted by atomic mass is 9.79. The second-order valence-electron chi connectivity index (χ2n) is 6.37. The van der Waals surface area contributed by atoms with Gasteiger partial charge in [0.25, 0.3) is 0 Å². The van der Waals surface area contributed by atoms with Crippen molar-refractivity contribution in [3.63, 3.8) is 0 Å². The van der Waals surface area contributed by atoms with Crippen LogP contribution in [0.5, 0.6) is 0 Å². The number of thioether (sulfide) groups is 1. The summed E-state index contributed by atoms with van der Waals surface area (Å²) in [6.07, 6.45) is 8.39. The Labute approximate surface area is 133 Å². The van der Waals surface area contributed by atoms with E-state index in [0.29, 0.717) is 0 Å². The molecule has 1 aliphatic carbocycles. The Morgan fingerprint density at radius 3 is 2.71 bits per heavy atom. The van der Waals surface area contributed by atoms with E-state index in [1.54, 1.807) is 0 Å². The number of hydrogen-bond acceptors (Lipinski definition) is 3. The summed E-state index contributed by atoms with van der Waals surface area (Å²) < 4.78 is 0. The van der Waals surface area contributed by atoms with Crippen LogP contribution in [0.15, 0.2) is 35.2 Å². The van der Waals surface area contributed by atoms with Crippen molar-refractivity contribution in [2.75, 3.05) is 18.8 Å². The van der Waals surface area contributed by atoms with Crippen molar-refractivity contribution >= 4 is 11.8 Å². The summed E-state index contributed by atoms with van der Waals surface area (Å²) in [6, 6.07) is 12.3. The third-order valence-electron chi connectivity index (χ3n) is 4.96. The summed E-state index contributed by atoms with van der Waals surface area (Å²) in [5, 5.41) is 7.59. The summed E-state index contributed by atoms with van der Waals surface area (Å²) in [4.78, 5) is 1.39. The molecule has 2 aliphatic rings. The maximum absolute atomic E-state index is 3.86. The van der Waals surface area contributed by atoms with E-state index in [1.165, 1.54) is 55.7 Å². The topological polar surface area (TPSA) is 24.1 Å². The van der Waals surface area contributed by atoms with Crippen LogP contribution in [0.3, 0.4) is 0 Å². The summed E-state index contributed by atoms with van der Waals surface area (Å²) in [5.41, 5.74) is 0. The first kappa shape index (κ1) is 15.4. The Morgan fingerprint density at radius 2 is 1.90 bits per heavy atom. The quantitative estimate of drug-likeness (QED) is 0.619. The molecule has 116 valence electrons. The van der Waals surface area contributed by atoms with Gasteiger partial charge in [0.15, 0.2) is 0 Å². The van der Waals surface area contributed by atoms with Gasteiger partial charge in [0.1, 0.15) is 0 Å². The second-order valence-corrected chi connectivity index (χ2v) is 7.54. The van der Waals surface area contributed by atoms with Crippen molar-refractivity contribution in [1.29, 1.82) is 0 Å². The van der Waals surface area contributed by atoms with Crippen LogP contribution >= 0.6 is 11.8 Å². The monoisotopic (exact) mass is 304 g/mol. The molecule has 3 rings (SSSR count). The molecule has 1 aliphatic heterocycles. The van der Waals surface area contributed by atoms with Crippen molar-refractivity contribution in [2.45, 2.75) is 55.5 Å². The normalized spacial score (nSPS) is 29.6. The van der Waals surface area contributed by atoms with Crippen molar-refractivity contribution in [3.8, 4) is 0 Å². The number of rotatable bonds is 6. The molecule has 0 bridgehead atoms. The van der Waals surface area contributed by atoms with Gasteiger partial charge >= 0.3 is 0 Å². The van der Waals surface area contributed by atoms with Crippen LogP contribution < -0.4 is 10.6 Å². The van der Waals surface area contributed by atoms with Crippen molar-refractivity contribution < 1.29 is 0 Å². The molecule has 3 atom stereocenters. The highest BCUT2D eigenvalue weighted by Crippen LogP contribution is 2.30. The van der Waals surface area contributed by atoms with Crippen molar-refractivity contribution in [2.24, 2.45) is 5.92 Å².